The van der Waals surface area contributed by atoms with Crippen LogP contribution >= 0.6 is 0 Å². The Labute approximate surface area is 183 Å². The lowest BCUT2D eigenvalue weighted by Crippen LogP contribution is -2.65. The number of hydrogen-bond acceptors (Lipinski definition) is 3. The van der Waals surface area contributed by atoms with Crippen LogP contribution in [-0.4, -0.2) is 33.5 Å². The van der Waals surface area contributed by atoms with Crippen LogP contribution in [0.1, 0.15) is 75.6 Å². The van der Waals surface area contributed by atoms with Gasteiger partial charge in [0.15, 0.2) is 0 Å². The highest BCUT2D eigenvalue weighted by Crippen LogP contribution is 2.61. The summed E-state index contributed by atoms with van der Waals surface area (Å²) in [6.07, 6.45) is 8.67. The Morgan fingerprint density at radius 1 is 1.16 bits per heavy atom. The molecule has 1 aromatic rings. The zero-order chi connectivity index (χ0) is 22.0. The molecule has 0 radical (unpaired) electrons. The minimum atomic E-state index is -0.532. The maximum absolute atomic E-state index is 13.8. The van der Waals surface area contributed by atoms with E-state index in [-0.39, 0.29) is 34.8 Å². The number of likely N-dealkylation sites (tertiary alicyclic amines) is 1. The molecule has 5 heteroatoms. The van der Waals surface area contributed by atoms with Crippen LogP contribution in [0, 0.1) is 29.0 Å². The van der Waals surface area contributed by atoms with Gasteiger partial charge >= 0.3 is 0 Å². The second-order valence-corrected chi connectivity index (χ2v) is 10.6. The van der Waals surface area contributed by atoms with Crippen molar-refractivity contribution in [3.8, 4) is 0 Å². The van der Waals surface area contributed by atoms with Gasteiger partial charge in [-0.2, -0.15) is 0 Å². The van der Waals surface area contributed by atoms with Crippen molar-refractivity contribution in [1.82, 2.24) is 4.90 Å². The summed E-state index contributed by atoms with van der Waals surface area (Å²) in [5, 5.41) is 10.2. The number of halogens is 1. The average molecular weight is 426 g/mol. The van der Waals surface area contributed by atoms with Gasteiger partial charge in [0.05, 0.1) is 11.6 Å². The van der Waals surface area contributed by atoms with E-state index in [4.69, 9.17) is 0 Å². The number of carbonyl (C=O) groups is 2. The van der Waals surface area contributed by atoms with Crippen LogP contribution in [0.3, 0.4) is 0 Å². The van der Waals surface area contributed by atoms with Crippen LogP contribution in [0.5, 0.6) is 0 Å². The summed E-state index contributed by atoms with van der Waals surface area (Å²) in [7, 11) is 0. The molecule has 6 atom stereocenters. The van der Waals surface area contributed by atoms with Crippen molar-refractivity contribution in [3.05, 3.63) is 47.3 Å². The van der Waals surface area contributed by atoms with Crippen molar-refractivity contribution in [2.75, 3.05) is 0 Å². The van der Waals surface area contributed by atoms with Crippen LogP contribution in [0.15, 0.2) is 35.9 Å². The summed E-state index contributed by atoms with van der Waals surface area (Å²) in [5.74, 6) is 0.247. The maximum atomic E-state index is 13.8. The fraction of sp³-hybridized carbons (Fsp3) is 0.615. The molecule has 2 amide bonds. The van der Waals surface area contributed by atoms with Crippen LogP contribution in [-0.2, 0) is 4.79 Å². The molecule has 4 aliphatic rings. The van der Waals surface area contributed by atoms with E-state index in [2.05, 4.69) is 19.9 Å². The van der Waals surface area contributed by atoms with E-state index in [1.807, 2.05) is 0 Å². The third-order valence-corrected chi connectivity index (χ3v) is 9.14. The van der Waals surface area contributed by atoms with E-state index in [1.165, 1.54) is 28.7 Å². The number of imide groups is 1. The van der Waals surface area contributed by atoms with Gasteiger partial charge in [-0.15, -0.1) is 0 Å². The van der Waals surface area contributed by atoms with Crippen LogP contribution in [0.25, 0.3) is 0 Å². The maximum Gasteiger partial charge on any atom is 0.261 e. The number of fused-ring (bicyclic) bond motifs is 5. The predicted molar refractivity (Wildman–Crippen MR) is 116 cm³/mol. The number of amides is 2. The molecule has 2 saturated carbocycles. The molecule has 3 aliphatic carbocycles. The lowest BCUT2D eigenvalue weighted by atomic mass is 9.48. The smallest absolute Gasteiger partial charge is 0.261 e. The van der Waals surface area contributed by atoms with Gasteiger partial charge in [-0.25, -0.2) is 4.39 Å². The molecular formula is C26H32FNO3. The highest BCUT2D eigenvalue weighted by Gasteiger charge is 2.59. The summed E-state index contributed by atoms with van der Waals surface area (Å²) < 4.78 is 13.8. The Balaban J connectivity index is 1.49. The van der Waals surface area contributed by atoms with E-state index in [9.17, 15) is 19.1 Å². The molecule has 1 saturated heterocycles. The van der Waals surface area contributed by atoms with Crippen molar-refractivity contribution in [1.29, 1.82) is 0 Å². The molecule has 0 unspecified atom stereocenters. The topological polar surface area (TPSA) is 57.6 Å². The van der Waals surface area contributed by atoms with E-state index in [0.29, 0.717) is 18.3 Å². The minimum Gasteiger partial charge on any atom is -0.393 e. The molecule has 166 valence electrons. The summed E-state index contributed by atoms with van der Waals surface area (Å²) in [6.45, 7) is 4.45. The number of carbonyl (C=O) groups excluding carboxylic acids is 2. The van der Waals surface area contributed by atoms with Crippen LogP contribution in [0.4, 0.5) is 4.39 Å². The number of piperidine rings is 1. The first-order valence-corrected chi connectivity index (χ1v) is 11.7. The average Bonchev–Trinajstić information content (AvgIpc) is 2.73. The number of aliphatic hydroxyl groups is 1. The first-order chi connectivity index (χ1) is 14.7. The van der Waals surface area contributed by atoms with Crippen molar-refractivity contribution < 1.29 is 19.1 Å². The minimum absolute atomic E-state index is 0.113. The molecule has 31 heavy (non-hydrogen) atoms. The summed E-state index contributed by atoms with van der Waals surface area (Å²) in [4.78, 5) is 27.9. The molecule has 1 N–H and O–H groups in total. The molecule has 1 heterocycles. The SMILES string of the molecule is C[C@]12CC[C@H](O)CC1=CC[C@@H]1[C@@H]2CC[C@@]2(C)[C@H]1CCC(=O)N2C(=O)c1cccc(F)c1. The third kappa shape index (κ3) is 3.11. The van der Waals surface area contributed by atoms with E-state index < -0.39 is 11.4 Å². The Bertz CT molecular complexity index is 958. The van der Waals surface area contributed by atoms with Gasteiger partial charge in [0.2, 0.25) is 5.91 Å². The van der Waals surface area contributed by atoms with Gasteiger partial charge in [0.1, 0.15) is 5.82 Å². The third-order valence-electron chi connectivity index (χ3n) is 9.14. The molecule has 3 fully saturated rings. The second kappa shape index (κ2) is 7.26. The van der Waals surface area contributed by atoms with Gasteiger partial charge in [0.25, 0.3) is 5.91 Å². The Hall–Kier alpha value is -2.01. The number of rotatable bonds is 1. The number of benzene rings is 1. The molecule has 1 aliphatic heterocycles. The van der Waals surface area contributed by atoms with Crippen molar-refractivity contribution in [2.45, 2.75) is 76.9 Å². The monoisotopic (exact) mass is 425 g/mol. The lowest BCUT2D eigenvalue weighted by Gasteiger charge is -2.61. The van der Waals surface area contributed by atoms with E-state index >= 15 is 0 Å². The van der Waals surface area contributed by atoms with Crippen molar-refractivity contribution >= 4 is 11.8 Å². The highest BCUT2D eigenvalue weighted by molar-refractivity contribution is 6.05. The highest BCUT2D eigenvalue weighted by atomic mass is 19.1. The first-order valence-electron chi connectivity index (χ1n) is 11.7. The first kappa shape index (κ1) is 20.9. The van der Waals surface area contributed by atoms with Gasteiger partial charge in [-0.3, -0.25) is 14.5 Å². The molecule has 1 aromatic carbocycles. The number of allylic oxidation sites excluding steroid dienone is 1. The Morgan fingerprint density at radius 3 is 2.74 bits per heavy atom. The number of hydrogen-bond donors (Lipinski definition) is 1. The summed E-state index contributed by atoms with van der Waals surface area (Å²) in [5.41, 5.74) is 1.24. The standard InChI is InChI=1S/C26H32FNO3/c1-25-12-10-19(29)15-17(25)6-7-20-21(25)11-13-26(2)22(20)8-9-23(30)28(26)24(31)16-4-3-5-18(27)14-16/h3-6,14,19-22,29H,7-13,15H2,1-2H3/t19-,20+,21-,22-,25-,26-/m0/s1. The fourth-order valence-electron chi connectivity index (χ4n) is 7.52. The van der Waals surface area contributed by atoms with Gasteiger partial charge < -0.3 is 5.11 Å². The number of aliphatic hydroxyl groups excluding tert-OH is 1. The molecular weight excluding hydrogens is 393 g/mol. The number of nitrogens with zero attached hydrogens (tertiary/aromatic N) is 1. The zero-order valence-corrected chi connectivity index (χ0v) is 18.4. The second-order valence-electron chi connectivity index (χ2n) is 10.6. The molecule has 4 nitrogen and oxygen atoms in total. The van der Waals surface area contributed by atoms with E-state index in [0.717, 1.165) is 44.9 Å². The van der Waals surface area contributed by atoms with Gasteiger partial charge in [0, 0.05) is 12.0 Å². The Kier molecular flexibility index (Phi) is 4.89. The quantitative estimate of drug-likeness (QED) is 0.516. The predicted octanol–water partition coefficient (Wildman–Crippen LogP) is 4.87. The molecule has 0 aromatic heterocycles. The summed E-state index contributed by atoms with van der Waals surface area (Å²) >= 11 is 0. The lowest BCUT2D eigenvalue weighted by molar-refractivity contribution is -0.150. The van der Waals surface area contributed by atoms with Gasteiger partial charge in [-0.1, -0.05) is 24.6 Å². The van der Waals surface area contributed by atoms with Crippen molar-refractivity contribution in [2.24, 2.45) is 23.2 Å². The largest absolute Gasteiger partial charge is 0.393 e. The summed E-state index contributed by atoms with van der Waals surface area (Å²) in [6, 6.07) is 5.68. The van der Waals surface area contributed by atoms with Crippen molar-refractivity contribution in [3.63, 3.8) is 0 Å². The molecule has 0 bridgehead atoms. The van der Waals surface area contributed by atoms with Crippen LogP contribution < -0.4 is 0 Å². The zero-order valence-electron chi connectivity index (χ0n) is 18.4. The fourth-order valence-corrected chi connectivity index (χ4v) is 7.52. The molecule has 0 spiro atoms. The normalized spacial score (nSPS) is 39.8. The van der Waals surface area contributed by atoms with Gasteiger partial charge in [-0.05, 0) is 93.2 Å². The van der Waals surface area contributed by atoms with Crippen LogP contribution in [0.2, 0.25) is 0 Å². The Morgan fingerprint density at radius 2 is 1.97 bits per heavy atom. The molecule has 5 rings (SSSR count). The van der Waals surface area contributed by atoms with E-state index in [1.54, 1.807) is 6.07 Å².